The van der Waals surface area contributed by atoms with E-state index in [1.807, 2.05) is 141 Å². The van der Waals surface area contributed by atoms with Crippen molar-refractivity contribution in [2.24, 2.45) is 22.7 Å². The number of β-amino-alcohol motifs (C(OH)–C–C–N with tert-alkyl or cyclic N) is 1. The van der Waals surface area contributed by atoms with Crippen LogP contribution in [0.1, 0.15) is 141 Å². The number of aliphatic hydroxyl groups excluding tert-OH is 1. The van der Waals surface area contributed by atoms with Crippen LogP contribution in [0.25, 0.3) is 43.4 Å². The quantitative estimate of drug-likeness (QED) is 0.0508. The van der Waals surface area contributed by atoms with Crippen molar-refractivity contribution in [3.63, 3.8) is 0 Å². The van der Waals surface area contributed by atoms with Gasteiger partial charge in [0.1, 0.15) is 29.9 Å². The molecule has 4 aliphatic rings. The minimum absolute atomic E-state index is 0. The van der Waals surface area contributed by atoms with Gasteiger partial charge in [0.25, 0.3) is 0 Å². The number of nitrogens with two attached hydrogens (primary N) is 2. The third-order valence-electron chi connectivity index (χ3n) is 20.9. The van der Waals surface area contributed by atoms with E-state index in [2.05, 4.69) is 61.4 Å². The number of nitrogen functional groups attached to an aromatic ring is 2. The largest absolute Gasteiger partial charge is 1.00 e. The molecule has 0 radical (unpaired) electrons. The maximum absolute atomic E-state index is 14.2. The number of aromatic nitrogens is 6. The molecule has 4 saturated heterocycles. The molecule has 6 amide bonds. The molecule has 26 nitrogen and oxygen atoms in total. The van der Waals surface area contributed by atoms with Crippen LogP contribution in [0.4, 0.5) is 23.0 Å². The number of benzene rings is 4. The summed E-state index contributed by atoms with van der Waals surface area (Å²) in [6.45, 7) is 21.4. The van der Waals surface area contributed by atoms with E-state index in [4.69, 9.17) is 11.5 Å². The number of thiazole rings is 2. The van der Waals surface area contributed by atoms with Crippen molar-refractivity contribution in [1.82, 2.24) is 61.4 Å². The van der Waals surface area contributed by atoms with Crippen molar-refractivity contribution in [2.45, 2.75) is 169 Å². The summed E-state index contributed by atoms with van der Waals surface area (Å²) < 4.78 is 0. The Bertz CT molecular complexity index is 4240. The normalized spacial score (nSPS) is 18.7. The van der Waals surface area contributed by atoms with Gasteiger partial charge in [0.15, 0.2) is 11.6 Å². The van der Waals surface area contributed by atoms with E-state index in [0.717, 1.165) is 61.9 Å². The molecule has 8 heterocycles. The number of hydrogen-bond donors (Lipinski definition) is 8. The number of phenolic OH excluding ortho intramolecular Hbond substituents is 1. The molecule has 0 bridgehead atoms. The van der Waals surface area contributed by atoms with E-state index in [9.17, 15) is 49.2 Å². The number of rotatable bonds is 20. The number of aliphatic hydroxyl groups is 1. The molecule has 110 heavy (non-hydrogen) atoms. The molecule has 0 spiro atoms. The molecular weight excluding hydrogens is 1460 g/mol. The average molecular weight is 1550 g/mol. The molecule has 8 aromatic rings. The molecule has 0 aliphatic carbocycles. The topological polar surface area (TPSA) is 379 Å². The monoisotopic (exact) mass is 1550 g/mol. The van der Waals surface area contributed by atoms with Crippen LogP contribution in [0.15, 0.2) is 120 Å². The second kappa shape index (κ2) is 37.4. The Kier molecular flexibility index (Phi) is 29.2. The summed E-state index contributed by atoms with van der Waals surface area (Å²) in [5, 5.41) is 74.8. The number of phenols is 1. The molecule has 0 saturated carbocycles. The molecule has 4 aliphatic heterocycles. The van der Waals surface area contributed by atoms with E-state index in [1.54, 1.807) is 65.1 Å². The number of nitrogens with zero attached hydrogens (tertiary/aromatic N) is 10. The molecule has 4 aromatic heterocycles. The maximum Gasteiger partial charge on any atom is 1.00 e. The first-order valence-electron chi connectivity index (χ1n) is 36.8. The molecule has 30 heteroatoms. The van der Waals surface area contributed by atoms with Crippen molar-refractivity contribution in [2.75, 3.05) is 60.5 Å². The predicted molar refractivity (Wildman–Crippen MR) is 414 cm³/mol. The fourth-order valence-electron chi connectivity index (χ4n) is 14.7. The summed E-state index contributed by atoms with van der Waals surface area (Å²) in [6.07, 6.45) is 1.46. The molecule has 8 atom stereocenters. The molecule has 0 unspecified atom stereocenters. The number of carbonyl (C=O) groups excluding carboxylic acids is 6. The first kappa shape index (κ1) is 85.8. The first-order chi connectivity index (χ1) is 51.4. The number of aryl methyl sites for hydroxylation is 2. The number of amides is 6. The van der Waals surface area contributed by atoms with E-state index in [-0.39, 0.29) is 163 Å². The summed E-state index contributed by atoms with van der Waals surface area (Å²) in [5.74, 6) is -1.39. The van der Waals surface area contributed by atoms with Crippen molar-refractivity contribution in [1.29, 1.82) is 0 Å². The van der Waals surface area contributed by atoms with Gasteiger partial charge in [-0.1, -0.05) is 132 Å². The molecule has 10 N–H and O–H groups in total. The van der Waals surface area contributed by atoms with Gasteiger partial charge < -0.3 is 72.8 Å². The second-order valence-corrected chi connectivity index (χ2v) is 32.7. The van der Waals surface area contributed by atoms with Gasteiger partial charge in [-0.3, -0.25) is 28.8 Å². The zero-order valence-corrected chi connectivity index (χ0v) is 70.5. The van der Waals surface area contributed by atoms with E-state index >= 15 is 0 Å². The Hall–Kier alpha value is -8.16. The first-order valence-corrected chi connectivity index (χ1v) is 38.6. The van der Waals surface area contributed by atoms with Gasteiger partial charge in [0.2, 0.25) is 35.4 Å². The second-order valence-electron chi connectivity index (χ2n) is 31.0. The van der Waals surface area contributed by atoms with Gasteiger partial charge in [-0.15, -0.1) is 49.2 Å². The Morgan fingerprint density at radius 3 is 1.37 bits per heavy atom. The van der Waals surface area contributed by atoms with Gasteiger partial charge in [-0.05, 0) is 135 Å². The number of anilines is 4. The number of aromatic hydroxyl groups is 1. The van der Waals surface area contributed by atoms with Crippen LogP contribution >= 0.6 is 22.7 Å². The van der Waals surface area contributed by atoms with Gasteiger partial charge in [0.05, 0.1) is 73.1 Å². The van der Waals surface area contributed by atoms with Crippen molar-refractivity contribution < 1.29 is 108 Å². The Morgan fingerprint density at radius 2 is 0.964 bits per heavy atom. The molecule has 4 fully saturated rings. The predicted octanol–water partition coefficient (Wildman–Crippen LogP) is 2.42. The Morgan fingerprint density at radius 1 is 0.564 bits per heavy atom. The summed E-state index contributed by atoms with van der Waals surface area (Å²) >= 11 is 3.15. The van der Waals surface area contributed by atoms with Crippen LogP contribution in [-0.2, 0) is 28.8 Å². The standard InChI is InChI=1S/C40H50N8O5S.C40H49N8O5S.2Na/c2*1-23(26-10-12-27(13-11-26)35-24(2)42-22-54-35)43-38(52)32-19-28(49)21-48(32)39(53)36(40(3,4)5)44-34(51)18-25-14-16-47(17-15-25)31-20-30(45-46-37(31)41)29-8-6-7-9-33(29)50;;/h6-13,20,22-23,25,28,32,36,49-50H,14-19,21H2,1-5H3,(H2,41,46)(H,43,52)(H,44,51);6-13,20,22-23,25,28,32,36,50H,14-19,21H2,1-5H3,(H2,41,46)(H,43,52)(H,44,51);;/q;-1;2*+1/p-1/t2*23-,28+,32-,36+;;/m00../s1. The fourth-order valence-corrected chi connectivity index (χ4v) is 16.3. The zero-order valence-electron chi connectivity index (χ0n) is 64.8. The summed E-state index contributed by atoms with van der Waals surface area (Å²) in [4.78, 5) is 100. The number of hydrogen-bond acceptors (Lipinski definition) is 22. The number of carbonyl (C=O) groups is 6. The van der Waals surface area contributed by atoms with Crippen LogP contribution in [-0.4, -0.2) is 161 Å². The van der Waals surface area contributed by atoms with Crippen LogP contribution < -0.4 is 112 Å². The van der Waals surface area contributed by atoms with E-state index < -0.39 is 59.0 Å². The minimum atomic E-state index is -1.11. The van der Waals surface area contributed by atoms with Crippen LogP contribution in [0.2, 0.25) is 0 Å². The van der Waals surface area contributed by atoms with Crippen molar-refractivity contribution in [3.8, 4) is 54.9 Å². The SMILES string of the molecule is Cc1ncsc1-c1ccc([C@H](C)NC(=O)[C@@H]2C[C@@H](O)CN2C(=O)[C@@H](NC(=O)CC2CCN(c3cc(-c4ccccc4O)nnc3N)CC2)C(C)(C)C)cc1.Cc1ncsc1-c1ccc([C@H](C)NC(=O)[C@@H]2C[C@@H]([O-])CN2C(=O)[C@@H](NC(=O)CC2CCN(c3cc(-c4ccccc4[O-])nnc3N)CC2)C(C)(C)C)cc1.[Na+].[Na+]. The van der Waals surface area contributed by atoms with E-state index in [0.29, 0.717) is 73.0 Å². The summed E-state index contributed by atoms with van der Waals surface area (Å²) in [7, 11) is 0. The van der Waals surface area contributed by atoms with Gasteiger partial charge in [0, 0.05) is 64.1 Å². The molecule has 572 valence electrons. The van der Waals surface area contributed by atoms with Gasteiger partial charge >= 0.3 is 59.1 Å². The van der Waals surface area contributed by atoms with Gasteiger partial charge in [-0.2, -0.15) is 0 Å². The van der Waals surface area contributed by atoms with Crippen LogP contribution in [0.5, 0.6) is 11.5 Å². The minimum Gasteiger partial charge on any atom is -0.872 e. The van der Waals surface area contributed by atoms with Crippen molar-refractivity contribution in [3.05, 3.63) is 143 Å². The smallest absolute Gasteiger partial charge is 0.872 e. The average Bonchev–Trinajstić information content (AvgIpc) is 1.56. The number of para-hydroxylation sites is 2. The number of piperidine rings is 2. The van der Waals surface area contributed by atoms with Gasteiger partial charge in [-0.25, -0.2) is 9.97 Å². The van der Waals surface area contributed by atoms with Crippen molar-refractivity contribution >= 4 is 81.1 Å². The van der Waals surface area contributed by atoms with Crippen LogP contribution in [0, 0.1) is 36.5 Å². The zero-order chi connectivity index (χ0) is 77.5. The summed E-state index contributed by atoms with van der Waals surface area (Å²) in [6, 6.07) is 28.7. The fraction of sp³-hybridized carbons (Fsp3) is 0.450. The van der Waals surface area contributed by atoms with Crippen LogP contribution in [0.3, 0.4) is 0 Å². The number of likely N-dealkylation sites (tertiary alicyclic amines) is 2. The Balaban J connectivity index is 0.000000249. The molecular formula is C80H98N16Na2O10S2. The van der Waals surface area contributed by atoms with E-state index in [1.165, 1.54) is 15.9 Å². The molecule has 12 rings (SSSR count). The summed E-state index contributed by atoms with van der Waals surface area (Å²) in [5.41, 5.74) is 24.0. The third-order valence-corrected chi connectivity index (χ3v) is 22.9. The third kappa shape index (κ3) is 20.9. The number of nitrogens with one attached hydrogen (secondary N) is 4. The molecule has 4 aromatic carbocycles. The maximum atomic E-state index is 14.2. The Labute approximate surface area is 695 Å².